The van der Waals surface area contributed by atoms with Gasteiger partial charge in [-0.1, -0.05) is 11.3 Å². The Morgan fingerprint density at radius 2 is 2.00 bits per heavy atom. The van der Waals surface area contributed by atoms with Crippen LogP contribution in [0, 0.1) is 6.92 Å². The zero-order chi connectivity index (χ0) is 13.8. The Morgan fingerprint density at radius 1 is 1.32 bits per heavy atom. The standard InChI is InChI=1S/C12H12N2O3S2/c1-8-13-14-12(18-8)19(16)7-11(15)9-3-5-10(17-2)6-4-9/h3-6H,7H2,1-2H3. The van der Waals surface area contributed by atoms with E-state index in [1.54, 1.807) is 38.3 Å². The van der Waals surface area contributed by atoms with Crippen molar-refractivity contribution < 1.29 is 13.7 Å². The molecule has 2 rings (SSSR count). The van der Waals surface area contributed by atoms with Crippen molar-refractivity contribution in [2.24, 2.45) is 0 Å². The lowest BCUT2D eigenvalue weighted by Crippen LogP contribution is -2.11. The molecule has 0 aliphatic rings. The SMILES string of the molecule is COc1ccc(C(=O)CS(=O)c2nnc(C)s2)cc1. The Morgan fingerprint density at radius 3 is 2.53 bits per heavy atom. The summed E-state index contributed by atoms with van der Waals surface area (Å²) in [6, 6.07) is 6.71. The van der Waals surface area contributed by atoms with E-state index >= 15 is 0 Å². The van der Waals surface area contributed by atoms with Gasteiger partial charge in [0.15, 0.2) is 5.78 Å². The molecule has 2 aromatic rings. The third-order valence-electron chi connectivity index (χ3n) is 2.38. The number of ether oxygens (including phenoxy) is 1. The summed E-state index contributed by atoms with van der Waals surface area (Å²) in [5.41, 5.74) is 0.510. The van der Waals surface area contributed by atoms with Crippen LogP contribution in [0.1, 0.15) is 15.4 Å². The Hall–Kier alpha value is -1.60. The van der Waals surface area contributed by atoms with E-state index in [4.69, 9.17) is 4.74 Å². The molecule has 0 aliphatic heterocycles. The van der Waals surface area contributed by atoms with E-state index in [0.29, 0.717) is 15.7 Å². The monoisotopic (exact) mass is 296 g/mol. The Kier molecular flexibility index (Phi) is 4.39. The summed E-state index contributed by atoms with van der Waals surface area (Å²) in [4.78, 5) is 12.0. The van der Waals surface area contributed by atoms with E-state index in [2.05, 4.69) is 10.2 Å². The van der Waals surface area contributed by atoms with E-state index in [0.717, 1.165) is 5.01 Å². The first-order valence-electron chi connectivity index (χ1n) is 5.46. The lowest BCUT2D eigenvalue weighted by molar-refractivity contribution is 0.102. The van der Waals surface area contributed by atoms with Crippen molar-refractivity contribution in [2.45, 2.75) is 11.3 Å². The van der Waals surface area contributed by atoms with Crippen molar-refractivity contribution in [3.63, 3.8) is 0 Å². The first-order valence-corrected chi connectivity index (χ1v) is 7.59. The predicted molar refractivity (Wildman–Crippen MR) is 73.2 cm³/mol. The minimum atomic E-state index is -1.44. The van der Waals surface area contributed by atoms with Crippen LogP contribution < -0.4 is 4.74 Å². The number of nitrogens with zero attached hydrogens (tertiary/aromatic N) is 2. The molecule has 0 saturated carbocycles. The van der Waals surface area contributed by atoms with Gasteiger partial charge in [-0.2, -0.15) is 0 Å². The second kappa shape index (κ2) is 6.03. The molecule has 1 aromatic carbocycles. The zero-order valence-electron chi connectivity index (χ0n) is 10.5. The van der Waals surface area contributed by atoms with E-state index < -0.39 is 10.8 Å². The van der Waals surface area contributed by atoms with Crippen molar-refractivity contribution in [2.75, 3.05) is 12.9 Å². The molecule has 1 aromatic heterocycles. The quantitative estimate of drug-likeness (QED) is 0.788. The van der Waals surface area contributed by atoms with Gasteiger partial charge >= 0.3 is 0 Å². The van der Waals surface area contributed by atoms with Gasteiger partial charge in [-0.05, 0) is 31.2 Å². The summed E-state index contributed by atoms with van der Waals surface area (Å²) in [5.74, 6) is 0.410. The van der Waals surface area contributed by atoms with Crippen LogP contribution in [-0.2, 0) is 10.8 Å². The average molecular weight is 296 g/mol. The number of aromatic nitrogens is 2. The van der Waals surface area contributed by atoms with Crippen molar-refractivity contribution in [1.82, 2.24) is 10.2 Å². The van der Waals surface area contributed by atoms with Crippen molar-refractivity contribution in [1.29, 1.82) is 0 Å². The third-order valence-corrected chi connectivity index (χ3v) is 4.81. The van der Waals surface area contributed by atoms with Gasteiger partial charge in [0.05, 0.1) is 23.7 Å². The first kappa shape index (κ1) is 13.8. The fraction of sp³-hybridized carbons (Fsp3) is 0.250. The lowest BCUT2D eigenvalue weighted by Gasteiger charge is -2.02. The fourth-order valence-corrected chi connectivity index (χ4v) is 3.40. The topological polar surface area (TPSA) is 69.2 Å². The molecule has 100 valence electrons. The number of benzene rings is 1. The Bertz CT molecular complexity index is 608. The van der Waals surface area contributed by atoms with Gasteiger partial charge in [0, 0.05) is 5.56 Å². The van der Waals surface area contributed by atoms with Gasteiger partial charge in [0.1, 0.15) is 10.8 Å². The Balaban J connectivity index is 2.06. The number of Topliss-reactive ketones (excluding diaryl/α,β-unsaturated/α-hetero) is 1. The van der Waals surface area contributed by atoms with Crippen LogP contribution in [0.4, 0.5) is 0 Å². The minimum absolute atomic E-state index is 0.0824. The van der Waals surface area contributed by atoms with Gasteiger partial charge in [-0.25, -0.2) is 0 Å². The fourth-order valence-electron chi connectivity index (χ4n) is 1.41. The summed E-state index contributed by atoms with van der Waals surface area (Å²) in [7, 11) is 0.123. The molecule has 0 N–H and O–H groups in total. The molecule has 19 heavy (non-hydrogen) atoms. The number of hydrogen-bond donors (Lipinski definition) is 0. The third kappa shape index (κ3) is 3.45. The number of aryl methyl sites for hydroxylation is 1. The molecule has 0 bridgehead atoms. The van der Waals surface area contributed by atoms with E-state index in [9.17, 15) is 9.00 Å². The van der Waals surface area contributed by atoms with Crippen LogP contribution in [0.5, 0.6) is 5.75 Å². The number of ketones is 1. The van der Waals surface area contributed by atoms with Gasteiger partial charge in [0.2, 0.25) is 4.34 Å². The number of carbonyl (C=O) groups is 1. The highest BCUT2D eigenvalue weighted by atomic mass is 32.2. The molecule has 0 fully saturated rings. The molecule has 1 heterocycles. The van der Waals surface area contributed by atoms with Gasteiger partial charge in [0.25, 0.3) is 0 Å². The van der Waals surface area contributed by atoms with Gasteiger partial charge in [-0.3, -0.25) is 9.00 Å². The molecule has 5 nitrogen and oxygen atoms in total. The largest absolute Gasteiger partial charge is 0.497 e. The van der Waals surface area contributed by atoms with Crippen LogP contribution in [0.15, 0.2) is 28.6 Å². The molecule has 1 unspecified atom stereocenters. The second-order valence-corrected chi connectivity index (χ2v) is 6.54. The highest BCUT2D eigenvalue weighted by Gasteiger charge is 2.15. The maximum absolute atomic E-state index is 12.0. The summed E-state index contributed by atoms with van der Waals surface area (Å²) in [6.07, 6.45) is 0. The van der Waals surface area contributed by atoms with Crippen LogP contribution in [0.3, 0.4) is 0 Å². The predicted octanol–water partition coefficient (Wildman–Crippen LogP) is 1.85. The van der Waals surface area contributed by atoms with Crippen LogP contribution >= 0.6 is 11.3 Å². The number of methoxy groups -OCH3 is 1. The van der Waals surface area contributed by atoms with Crippen molar-refractivity contribution in [3.05, 3.63) is 34.8 Å². The van der Waals surface area contributed by atoms with E-state index in [1.165, 1.54) is 11.3 Å². The first-order chi connectivity index (χ1) is 9.10. The maximum Gasteiger partial charge on any atom is 0.205 e. The second-order valence-electron chi connectivity index (χ2n) is 3.73. The summed E-state index contributed by atoms with van der Waals surface area (Å²) in [5, 5.41) is 8.31. The molecule has 0 spiro atoms. The van der Waals surface area contributed by atoms with Gasteiger partial charge in [-0.15, -0.1) is 10.2 Å². The summed E-state index contributed by atoms with van der Waals surface area (Å²) < 4.78 is 17.3. The average Bonchev–Trinajstić information content (AvgIpc) is 2.85. The zero-order valence-corrected chi connectivity index (χ0v) is 12.1. The van der Waals surface area contributed by atoms with Crippen LogP contribution in [-0.4, -0.2) is 33.1 Å². The smallest absolute Gasteiger partial charge is 0.205 e. The highest BCUT2D eigenvalue weighted by Crippen LogP contribution is 2.15. The van der Waals surface area contributed by atoms with Crippen molar-refractivity contribution in [3.8, 4) is 5.75 Å². The Labute approximate surface area is 117 Å². The van der Waals surface area contributed by atoms with Crippen LogP contribution in [0.25, 0.3) is 0 Å². The number of hydrogen-bond acceptors (Lipinski definition) is 6. The maximum atomic E-state index is 12.0. The molecule has 0 radical (unpaired) electrons. The number of rotatable bonds is 5. The van der Waals surface area contributed by atoms with E-state index in [-0.39, 0.29) is 11.5 Å². The minimum Gasteiger partial charge on any atom is -0.497 e. The molecule has 0 amide bonds. The summed E-state index contributed by atoms with van der Waals surface area (Å²) in [6.45, 7) is 1.78. The van der Waals surface area contributed by atoms with Crippen molar-refractivity contribution >= 4 is 27.9 Å². The van der Waals surface area contributed by atoms with E-state index in [1.807, 2.05) is 0 Å². The molecule has 7 heteroatoms. The molecule has 0 aliphatic carbocycles. The summed E-state index contributed by atoms with van der Waals surface area (Å²) >= 11 is 1.24. The molecular weight excluding hydrogens is 284 g/mol. The van der Waals surface area contributed by atoms with Crippen LogP contribution in [0.2, 0.25) is 0 Å². The molecule has 0 saturated heterocycles. The molecular formula is C12H12N2O3S2. The van der Waals surface area contributed by atoms with Gasteiger partial charge < -0.3 is 4.74 Å². The molecule has 1 atom stereocenters. The number of carbonyl (C=O) groups excluding carboxylic acids is 1. The normalized spacial score (nSPS) is 12.1. The lowest BCUT2D eigenvalue weighted by atomic mass is 10.1. The highest BCUT2D eigenvalue weighted by molar-refractivity contribution is 7.87.